The summed E-state index contributed by atoms with van der Waals surface area (Å²) in [5.74, 6) is 1.15. The zero-order valence-electron chi connectivity index (χ0n) is 14.2. The van der Waals surface area contributed by atoms with Crippen LogP contribution in [0, 0.1) is 0 Å². The summed E-state index contributed by atoms with van der Waals surface area (Å²) in [4.78, 5) is 25.4. The molecule has 3 rings (SSSR count). The summed E-state index contributed by atoms with van der Waals surface area (Å²) in [5, 5.41) is 2.78. The molecular formula is C19H20N2O4. The van der Waals surface area contributed by atoms with Crippen molar-refractivity contribution in [2.24, 2.45) is 0 Å². The van der Waals surface area contributed by atoms with Crippen molar-refractivity contribution in [1.82, 2.24) is 0 Å². The Bertz CT molecular complexity index is 787. The van der Waals surface area contributed by atoms with Crippen molar-refractivity contribution in [3.63, 3.8) is 0 Å². The molecule has 0 saturated carbocycles. The van der Waals surface area contributed by atoms with Gasteiger partial charge in [-0.15, -0.1) is 0 Å². The van der Waals surface area contributed by atoms with Gasteiger partial charge in [-0.05, 0) is 55.0 Å². The van der Waals surface area contributed by atoms with Crippen LogP contribution < -0.4 is 19.7 Å². The van der Waals surface area contributed by atoms with Crippen LogP contribution in [0.5, 0.6) is 11.5 Å². The van der Waals surface area contributed by atoms with Crippen molar-refractivity contribution >= 4 is 23.2 Å². The number of fused-ring (bicyclic) bond motifs is 1. The minimum atomic E-state index is -0.258. The van der Waals surface area contributed by atoms with E-state index in [1.807, 2.05) is 19.1 Å². The van der Waals surface area contributed by atoms with Gasteiger partial charge in [-0.25, -0.2) is 0 Å². The molecule has 25 heavy (non-hydrogen) atoms. The Hall–Kier alpha value is -3.02. The highest BCUT2D eigenvalue weighted by molar-refractivity contribution is 6.02. The second-order valence-corrected chi connectivity index (χ2v) is 5.71. The van der Waals surface area contributed by atoms with Crippen molar-refractivity contribution < 1.29 is 19.1 Å². The third-order valence-electron chi connectivity index (χ3n) is 3.95. The van der Waals surface area contributed by atoms with Crippen LogP contribution in [0.3, 0.4) is 0 Å². The smallest absolute Gasteiger partial charge is 0.262 e. The van der Waals surface area contributed by atoms with E-state index < -0.39 is 0 Å². The molecule has 0 radical (unpaired) electrons. The van der Waals surface area contributed by atoms with Gasteiger partial charge < -0.3 is 19.7 Å². The van der Waals surface area contributed by atoms with Crippen molar-refractivity contribution in [1.29, 1.82) is 0 Å². The predicted octanol–water partition coefficient (Wildman–Crippen LogP) is 2.62. The Balaban J connectivity index is 1.54. The summed E-state index contributed by atoms with van der Waals surface area (Å²) in [5.41, 5.74) is 2.45. The largest absolute Gasteiger partial charge is 0.494 e. The van der Waals surface area contributed by atoms with E-state index in [0.29, 0.717) is 24.5 Å². The molecule has 1 N–H and O–H groups in total. The Morgan fingerprint density at radius 3 is 2.48 bits per heavy atom. The van der Waals surface area contributed by atoms with Gasteiger partial charge in [-0.1, -0.05) is 0 Å². The van der Waals surface area contributed by atoms with Crippen molar-refractivity contribution in [2.45, 2.75) is 13.3 Å². The molecule has 0 bridgehead atoms. The van der Waals surface area contributed by atoms with Gasteiger partial charge in [0.1, 0.15) is 11.5 Å². The molecular weight excluding hydrogens is 320 g/mol. The Kier molecular flexibility index (Phi) is 4.88. The van der Waals surface area contributed by atoms with Gasteiger partial charge in [0, 0.05) is 18.4 Å². The molecule has 0 atom stereocenters. The summed E-state index contributed by atoms with van der Waals surface area (Å²) in [7, 11) is 1.75. The molecule has 0 aliphatic carbocycles. The molecule has 6 nitrogen and oxygen atoms in total. The number of carbonyl (C=O) groups excluding carboxylic acids is 2. The summed E-state index contributed by atoms with van der Waals surface area (Å²) in [6.45, 7) is 2.43. The number of amides is 2. The van der Waals surface area contributed by atoms with Gasteiger partial charge in [0.25, 0.3) is 5.91 Å². The summed E-state index contributed by atoms with van der Waals surface area (Å²) >= 11 is 0. The van der Waals surface area contributed by atoms with E-state index >= 15 is 0 Å². The maximum atomic E-state index is 12.0. The van der Waals surface area contributed by atoms with Gasteiger partial charge >= 0.3 is 0 Å². The molecule has 2 amide bonds. The van der Waals surface area contributed by atoms with Crippen LogP contribution in [-0.2, 0) is 16.0 Å². The third-order valence-corrected chi connectivity index (χ3v) is 3.95. The van der Waals surface area contributed by atoms with E-state index in [9.17, 15) is 9.59 Å². The van der Waals surface area contributed by atoms with Gasteiger partial charge in [0.2, 0.25) is 5.91 Å². The Morgan fingerprint density at radius 2 is 1.80 bits per heavy atom. The standard InChI is InChI=1S/C19H20N2O4/c1-3-24-15-5-7-16(8-6-15)25-12-18(22)20-14-4-9-17-13(10-14)11-19(23)21(17)2/h4-10H,3,11-12H2,1-2H3,(H,20,22). The molecule has 0 fully saturated rings. The first-order valence-corrected chi connectivity index (χ1v) is 8.12. The van der Waals surface area contributed by atoms with E-state index in [0.717, 1.165) is 17.0 Å². The maximum absolute atomic E-state index is 12.0. The quantitative estimate of drug-likeness (QED) is 0.878. The zero-order chi connectivity index (χ0) is 17.8. The molecule has 130 valence electrons. The van der Waals surface area contributed by atoms with Crippen molar-refractivity contribution in [3.05, 3.63) is 48.0 Å². The van der Waals surface area contributed by atoms with Gasteiger partial charge in [-0.3, -0.25) is 9.59 Å². The molecule has 1 aliphatic rings. The molecule has 0 saturated heterocycles. The number of hydrogen-bond acceptors (Lipinski definition) is 4. The molecule has 0 unspecified atom stereocenters. The normalized spacial score (nSPS) is 12.7. The highest BCUT2D eigenvalue weighted by Crippen LogP contribution is 2.29. The fourth-order valence-corrected chi connectivity index (χ4v) is 2.69. The molecule has 0 spiro atoms. The van der Waals surface area contributed by atoms with Crippen molar-refractivity contribution in [3.8, 4) is 11.5 Å². The Labute approximate surface area is 146 Å². The number of rotatable bonds is 6. The van der Waals surface area contributed by atoms with Crippen LogP contribution in [0.2, 0.25) is 0 Å². The average molecular weight is 340 g/mol. The highest BCUT2D eigenvalue weighted by atomic mass is 16.5. The number of hydrogen-bond donors (Lipinski definition) is 1. The lowest BCUT2D eigenvalue weighted by molar-refractivity contribution is -0.118. The van der Waals surface area contributed by atoms with E-state index in [1.165, 1.54) is 0 Å². The Morgan fingerprint density at radius 1 is 1.12 bits per heavy atom. The average Bonchev–Trinajstić information content (AvgIpc) is 2.88. The molecule has 1 heterocycles. The molecule has 0 aromatic heterocycles. The SMILES string of the molecule is CCOc1ccc(OCC(=O)Nc2ccc3c(c2)CC(=O)N3C)cc1. The second kappa shape index (κ2) is 7.25. The first-order chi connectivity index (χ1) is 12.1. The number of ether oxygens (including phenoxy) is 2. The summed E-state index contributed by atoms with van der Waals surface area (Å²) in [6.07, 6.45) is 0.359. The molecule has 6 heteroatoms. The van der Waals surface area contributed by atoms with Crippen molar-refractivity contribution in [2.75, 3.05) is 30.5 Å². The number of nitrogens with zero attached hydrogens (tertiary/aromatic N) is 1. The minimum absolute atomic E-state index is 0.0531. The molecule has 1 aliphatic heterocycles. The van der Waals surface area contributed by atoms with Gasteiger partial charge in [0.15, 0.2) is 6.61 Å². The number of carbonyl (C=O) groups is 2. The lowest BCUT2D eigenvalue weighted by Gasteiger charge is -2.11. The van der Waals surface area contributed by atoms with Crippen LogP contribution in [0.15, 0.2) is 42.5 Å². The lowest BCUT2D eigenvalue weighted by Crippen LogP contribution is -2.20. The van der Waals surface area contributed by atoms with E-state index in [-0.39, 0.29) is 18.4 Å². The second-order valence-electron chi connectivity index (χ2n) is 5.71. The third kappa shape index (κ3) is 3.91. The first-order valence-electron chi connectivity index (χ1n) is 8.12. The number of anilines is 2. The fraction of sp³-hybridized carbons (Fsp3) is 0.263. The number of nitrogens with one attached hydrogen (secondary N) is 1. The fourth-order valence-electron chi connectivity index (χ4n) is 2.69. The number of likely N-dealkylation sites (N-methyl/N-ethyl adjacent to an activating group) is 1. The molecule has 2 aromatic carbocycles. The first kappa shape index (κ1) is 16.8. The highest BCUT2D eigenvalue weighted by Gasteiger charge is 2.24. The summed E-state index contributed by atoms with van der Waals surface area (Å²) < 4.78 is 10.8. The maximum Gasteiger partial charge on any atom is 0.262 e. The van der Waals surface area contributed by atoms with Crippen LogP contribution in [-0.4, -0.2) is 32.1 Å². The van der Waals surface area contributed by atoms with E-state index in [4.69, 9.17) is 9.47 Å². The van der Waals surface area contributed by atoms with E-state index in [1.54, 1.807) is 42.3 Å². The predicted molar refractivity (Wildman–Crippen MR) is 95.3 cm³/mol. The monoisotopic (exact) mass is 340 g/mol. The lowest BCUT2D eigenvalue weighted by atomic mass is 10.1. The van der Waals surface area contributed by atoms with Gasteiger partial charge in [0.05, 0.1) is 13.0 Å². The van der Waals surface area contributed by atoms with Crippen LogP contribution in [0.25, 0.3) is 0 Å². The topological polar surface area (TPSA) is 67.9 Å². The van der Waals surface area contributed by atoms with Crippen LogP contribution in [0.1, 0.15) is 12.5 Å². The summed E-state index contributed by atoms with van der Waals surface area (Å²) in [6, 6.07) is 12.6. The van der Waals surface area contributed by atoms with Gasteiger partial charge in [-0.2, -0.15) is 0 Å². The van der Waals surface area contributed by atoms with E-state index in [2.05, 4.69) is 5.32 Å². The van der Waals surface area contributed by atoms with Crippen LogP contribution >= 0.6 is 0 Å². The molecule has 2 aromatic rings. The minimum Gasteiger partial charge on any atom is -0.494 e. The van der Waals surface area contributed by atoms with Crippen LogP contribution in [0.4, 0.5) is 11.4 Å². The zero-order valence-corrected chi connectivity index (χ0v) is 14.2. The number of benzene rings is 2.